The number of rotatable bonds is 1. The van der Waals surface area contributed by atoms with Crippen LogP contribution in [0.5, 0.6) is 0 Å². The van der Waals surface area contributed by atoms with E-state index < -0.39 is 0 Å². The lowest BCUT2D eigenvalue weighted by molar-refractivity contribution is -0.159. The van der Waals surface area contributed by atoms with Gasteiger partial charge in [-0.3, -0.25) is 9.59 Å². The van der Waals surface area contributed by atoms with Crippen LogP contribution in [0.15, 0.2) is 0 Å². The first-order valence-corrected chi connectivity index (χ1v) is 5.29. The standard InChI is InChI=1S/C10H18O2.CH3NO/c1-10(2,3)12-9(11)8-6-4-5-7-8;2-1-3/h8H,4-7H2,1-3H3;1H,(H2,2,3). The van der Waals surface area contributed by atoms with Crippen molar-refractivity contribution in [2.45, 2.75) is 52.1 Å². The fourth-order valence-electron chi connectivity index (χ4n) is 1.55. The van der Waals surface area contributed by atoms with E-state index in [2.05, 4.69) is 5.73 Å². The number of amides is 1. The van der Waals surface area contributed by atoms with Crippen LogP contribution in [0.3, 0.4) is 0 Å². The van der Waals surface area contributed by atoms with Gasteiger partial charge in [-0.15, -0.1) is 0 Å². The highest BCUT2D eigenvalue weighted by Gasteiger charge is 2.27. The van der Waals surface area contributed by atoms with Gasteiger partial charge in [0.2, 0.25) is 6.41 Å². The van der Waals surface area contributed by atoms with Gasteiger partial charge >= 0.3 is 5.97 Å². The summed E-state index contributed by atoms with van der Waals surface area (Å²) in [7, 11) is 0. The summed E-state index contributed by atoms with van der Waals surface area (Å²) >= 11 is 0. The number of hydrogen-bond donors (Lipinski definition) is 1. The predicted octanol–water partition coefficient (Wildman–Crippen LogP) is 1.62. The largest absolute Gasteiger partial charge is 0.460 e. The molecule has 0 saturated heterocycles. The van der Waals surface area contributed by atoms with E-state index in [4.69, 9.17) is 9.53 Å². The van der Waals surface area contributed by atoms with Gasteiger partial charge < -0.3 is 10.5 Å². The molecule has 0 bridgehead atoms. The third-order valence-corrected chi connectivity index (χ3v) is 2.10. The Labute approximate surface area is 91.2 Å². The molecule has 1 saturated carbocycles. The second-order valence-corrected chi connectivity index (χ2v) is 4.65. The van der Waals surface area contributed by atoms with Gasteiger partial charge in [0, 0.05) is 0 Å². The van der Waals surface area contributed by atoms with Crippen molar-refractivity contribution in [1.29, 1.82) is 0 Å². The molecule has 0 aromatic heterocycles. The van der Waals surface area contributed by atoms with Crippen molar-refractivity contribution in [2.24, 2.45) is 11.7 Å². The summed E-state index contributed by atoms with van der Waals surface area (Å²) in [5, 5.41) is 0. The third kappa shape index (κ3) is 6.94. The first kappa shape index (κ1) is 13.9. The van der Waals surface area contributed by atoms with Crippen LogP contribution >= 0.6 is 0 Å². The molecule has 0 aromatic carbocycles. The van der Waals surface area contributed by atoms with Crippen molar-refractivity contribution in [3.05, 3.63) is 0 Å². The summed E-state index contributed by atoms with van der Waals surface area (Å²) in [6.07, 6.45) is 4.66. The number of nitrogens with two attached hydrogens (primary N) is 1. The van der Waals surface area contributed by atoms with Crippen LogP contribution in [-0.4, -0.2) is 18.0 Å². The summed E-state index contributed by atoms with van der Waals surface area (Å²) in [6.45, 7) is 5.75. The van der Waals surface area contributed by atoms with Crippen LogP contribution in [0.2, 0.25) is 0 Å². The SMILES string of the molecule is CC(C)(C)OC(=O)C1CCCC1.NC=O. The van der Waals surface area contributed by atoms with E-state index in [0.29, 0.717) is 0 Å². The first-order chi connectivity index (χ1) is 6.90. The summed E-state index contributed by atoms with van der Waals surface area (Å²) in [5.74, 6) is 0.184. The molecule has 1 aliphatic carbocycles. The molecular formula is C11H21NO3. The Morgan fingerprint density at radius 2 is 1.73 bits per heavy atom. The molecule has 0 atom stereocenters. The van der Waals surface area contributed by atoms with Gasteiger partial charge in [-0.1, -0.05) is 12.8 Å². The average Bonchev–Trinajstić information content (AvgIpc) is 2.53. The number of ether oxygens (including phenoxy) is 1. The molecule has 0 spiro atoms. The maximum absolute atomic E-state index is 11.4. The number of carbonyl (C=O) groups is 2. The maximum Gasteiger partial charge on any atom is 0.309 e. The van der Waals surface area contributed by atoms with E-state index in [1.165, 1.54) is 12.8 Å². The van der Waals surface area contributed by atoms with Crippen LogP contribution < -0.4 is 5.73 Å². The smallest absolute Gasteiger partial charge is 0.309 e. The lowest BCUT2D eigenvalue weighted by Crippen LogP contribution is -2.27. The van der Waals surface area contributed by atoms with Gasteiger partial charge in [0.25, 0.3) is 0 Å². The lowest BCUT2D eigenvalue weighted by Gasteiger charge is -2.21. The van der Waals surface area contributed by atoms with Crippen LogP contribution in [-0.2, 0) is 14.3 Å². The molecule has 1 amide bonds. The summed E-state index contributed by atoms with van der Waals surface area (Å²) in [6, 6.07) is 0. The van der Waals surface area contributed by atoms with E-state index in [9.17, 15) is 4.79 Å². The summed E-state index contributed by atoms with van der Waals surface area (Å²) < 4.78 is 5.28. The predicted molar refractivity (Wildman–Crippen MR) is 58.1 cm³/mol. The summed E-state index contributed by atoms with van der Waals surface area (Å²) in [5.41, 5.74) is 3.85. The molecule has 0 heterocycles. The Morgan fingerprint density at radius 1 is 1.33 bits per heavy atom. The lowest BCUT2D eigenvalue weighted by atomic mass is 10.1. The zero-order valence-electron chi connectivity index (χ0n) is 9.79. The molecule has 1 aliphatic rings. The van der Waals surface area contributed by atoms with Gasteiger partial charge in [0.15, 0.2) is 0 Å². The molecular weight excluding hydrogens is 194 g/mol. The number of esters is 1. The first-order valence-electron chi connectivity index (χ1n) is 5.29. The molecule has 2 N–H and O–H groups in total. The second kappa shape index (κ2) is 6.43. The summed E-state index contributed by atoms with van der Waals surface area (Å²) in [4.78, 5) is 20.0. The molecule has 0 aliphatic heterocycles. The highest BCUT2D eigenvalue weighted by molar-refractivity contribution is 5.73. The molecule has 0 aromatic rings. The van der Waals surface area contributed by atoms with Crippen molar-refractivity contribution in [3.8, 4) is 0 Å². The van der Waals surface area contributed by atoms with Gasteiger partial charge in [0.05, 0.1) is 5.92 Å². The minimum absolute atomic E-state index is 0.000000000000000666. The zero-order valence-corrected chi connectivity index (χ0v) is 9.79. The molecule has 1 fully saturated rings. The third-order valence-electron chi connectivity index (χ3n) is 2.10. The molecule has 4 nitrogen and oxygen atoms in total. The minimum Gasteiger partial charge on any atom is -0.460 e. The highest BCUT2D eigenvalue weighted by Crippen LogP contribution is 2.27. The average molecular weight is 215 g/mol. The van der Waals surface area contributed by atoms with Gasteiger partial charge in [-0.2, -0.15) is 0 Å². The van der Waals surface area contributed by atoms with Gasteiger partial charge in [0.1, 0.15) is 5.60 Å². The molecule has 15 heavy (non-hydrogen) atoms. The van der Waals surface area contributed by atoms with E-state index in [1.807, 2.05) is 20.8 Å². The quantitative estimate of drug-likeness (QED) is 0.533. The monoisotopic (exact) mass is 215 g/mol. The Balaban J connectivity index is 0.000000583. The van der Waals surface area contributed by atoms with Crippen molar-refractivity contribution < 1.29 is 14.3 Å². The molecule has 0 radical (unpaired) electrons. The van der Waals surface area contributed by atoms with Gasteiger partial charge in [-0.05, 0) is 33.6 Å². The van der Waals surface area contributed by atoms with Crippen LogP contribution in [0.1, 0.15) is 46.5 Å². The maximum atomic E-state index is 11.4. The fourth-order valence-corrected chi connectivity index (χ4v) is 1.55. The Hall–Kier alpha value is -1.06. The van der Waals surface area contributed by atoms with Crippen molar-refractivity contribution in [3.63, 3.8) is 0 Å². The van der Waals surface area contributed by atoms with E-state index in [-0.39, 0.29) is 23.9 Å². The molecule has 0 unspecified atom stereocenters. The van der Waals surface area contributed by atoms with E-state index in [1.54, 1.807) is 0 Å². The van der Waals surface area contributed by atoms with E-state index in [0.717, 1.165) is 12.8 Å². The fraction of sp³-hybridized carbons (Fsp3) is 0.818. The van der Waals surface area contributed by atoms with Crippen molar-refractivity contribution in [2.75, 3.05) is 0 Å². The number of primary amides is 1. The van der Waals surface area contributed by atoms with Crippen LogP contribution in [0.25, 0.3) is 0 Å². The van der Waals surface area contributed by atoms with Crippen LogP contribution in [0.4, 0.5) is 0 Å². The molecule has 1 rings (SSSR count). The van der Waals surface area contributed by atoms with Gasteiger partial charge in [-0.25, -0.2) is 0 Å². The Bertz CT molecular complexity index is 202. The Morgan fingerprint density at radius 3 is 2.07 bits per heavy atom. The van der Waals surface area contributed by atoms with Crippen molar-refractivity contribution >= 4 is 12.4 Å². The number of hydrogen-bond acceptors (Lipinski definition) is 3. The highest BCUT2D eigenvalue weighted by atomic mass is 16.6. The molecule has 88 valence electrons. The minimum atomic E-state index is -0.320. The molecule has 4 heteroatoms. The van der Waals surface area contributed by atoms with Crippen LogP contribution in [0, 0.1) is 5.92 Å². The second-order valence-electron chi connectivity index (χ2n) is 4.65. The number of carbonyl (C=O) groups excluding carboxylic acids is 2. The van der Waals surface area contributed by atoms with Crippen molar-refractivity contribution in [1.82, 2.24) is 0 Å². The zero-order chi connectivity index (χ0) is 11.9. The van der Waals surface area contributed by atoms with E-state index >= 15 is 0 Å². The Kier molecular flexibility index (Phi) is 5.97. The normalized spacial score (nSPS) is 16.5. The topological polar surface area (TPSA) is 69.4 Å².